The summed E-state index contributed by atoms with van der Waals surface area (Å²) in [6.45, 7) is 4.08. The number of amides is 1. The van der Waals surface area contributed by atoms with Crippen molar-refractivity contribution < 1.29 is 9.18 Å². The van der Waals surface area contributed by atoms with Gasteiger partial charge in [-0.2, -0.15) is 0 Å². The summed E-state index contributed by atoms with van der Waals surface area (Å²) in [5.41, 5.74) is 4.86. The van der Waals surface area contributed by atoms with Crippen molar-refractivity contribution in [1.29, 1.82) is 0 Å². The first-order valence-corrected chi connectivity index (χ1v) is 8.46. The van der Waals surface area contributed by atoms with Crippen molar-refractivity contribution in [2.45, 2.75) is 20.3 Å². The third-order valence-corrected chi connectivity index (χ3v) is 4.43. The Bertz CT molecular complexity index is 889. The van der Waals surface area contributed by atoms with E-state index >= 15 is 0 Å². The van der Waals surface area contributed by atoms with Crippen molar-refractivity contribution in [3.8, 4) is 11.3 Å². The molecule has 1 amide bonds. The molecule has 0 spiro atoms. The van der Waals surface area contributed by atoms with Crippen LogP contribution in [0.4, 0.5) is 9.52 Å². The lowest BCUT2D eigenvalue weighted by Crippen LogP contribution is -2.14. The van der Waals surface area contributed by atoms with Crippen LogP contribution in [0.15, 0.2) is 47.8 Å². The Balaban J connectivity index is 1.72. The van der Waals surface area contributed by atoms with Crippen LogP contribution >= 0.6 is 11.3 Å². The van der Waals surface area contributed by atoms with Crippen molar-refractivity contribution in [2.24, 2.45) is 0 Å². The zero-order valence-electron chi connectivity index (χ0n) is 13.5. The second kappa shape index (κ2) is 6.93. The lowest BCUT2D eigenvalue weighted by atomic mass is 10.0. The summed E-state index contributed by atoms with van der Waals surface area (Å²) in [6, 6.07) is 12.3. The first-order chi connectivity index (χ1) is 11.5. The molecule has 24 heavy (non-hydrogen) atoms. The van der Waals surface area contributed by atoms with Crippen LogP contribution in [-0.2, 0) is 11.2 Å². The van der Waals surface area contributed by atoms with Gasteiger partial charge in [0.1, 0.15) is 5.82 Å². The summed E-state index contributed by atoms with van der Waals surface area (Å²) >= 11 is 1.38. The fourth-order valence-corrected chi connectivity index (χ4v) is 3.19. The van der Waals surface area contributed by atoms with Crippen molar-refractivity contribution in [3.63, 3.8) is 0 Å². The molecule has 1 aromatic heterocycles. The standard InChI is InChI=1S/C19H17FN2OS/c1-12-6-7-13(2)16(8-12)17-11-24-19(21-17)22-18(23)10-14-4-3-5-15(20)9-14/h3-9,11H,10H2,1-2H3,(H,21,22,23). The molecule has 1 heterocycles. The molecule has 0 unspecified atom stereocenters. The highest BCUT2D eigenvalue weighted by molar-refractivity contribution is 7.14. The van der Waals surface area contributed by atoms with Gasteiger partial charge in [0, 0.05) is 10.9 Å². The Labute approximate surface area is 144 Å². The Hall–Kier alpha value is -2.53. The summed E-state index contributed by atoms with van der Waals surface area (Å²) in [5, 5.41) is 5.26. The highest BCUT2D eigenvalue weighted by Gasteiger charge is 2.11. The molecule has 0 saturated heterocycles. The average molecular weight is 340 g/mol. The van der Waals surface area contributed by atoms with E-state index in [9.17, 15) is 9.18 Å². The number of benzene rings is 2. The molecule has 0 atom stereocenters. The summed E-state index contributed by atoms with van der Waals surface area (Å²) in [6.07, 6.45) is 0.121. The lowest BCUT2D eigenvalue weighted by molar-refractivity contribution is -0.115. The molecule has 5 heteroatoms. The number of aryl methyl sites for hydroxylation is 2. The summed E-state index contributed by atoms with van der Waals surface area (Å²) in [5.74, 6) is -0.547. The van der Waals surface area contributed by atoms with Crippen LogP contribution in [0.25, 0.3) is 11.3 Å². The molecule has 3 aromatic rings. The number of nitrogens with one attached hydrogen (secondary N) is 1. The lowest BCUT2D eigenvalue weighted by Gasteiger charge is -2.04. The second-order valence-electron chi connectivity index (χ2n) is 5.71. The number of aromatic nitrogens is 1. The van der Waals surface area contributed by atoms with Crippen molar-refractivity contribution in [3.05, 3.63) is 70.4 Å². The molecule has 0 radical (unpaired) electrons. The summed E-state index contributed by atoms with van der Waals surface area (Å²) in [4.78, 5) is 16.6. The van der Waals surface area contributed by atoms with Crippen LogP contribution < -0.4 is 5.32 Å². The SMILES string of the molecule is Cc1ccc(C)c(-c2csc(NC(=O)Cc3cccc(F)c3)n2)c1. The quantitative estimate of drug-likeness (QED) is 0.745. The van der Waals surface area contributed by atoms with Crippen molar-refractivity contribution >= 4 is 22.4 Å². The third kappa shape index (κ3) is 3.86. The zero-order chi connectivity index (χ0) is 17.1. The highest BCUT2D eigenvalue weighted by atomic mass is 32.1. The van der Waals surface area contributed by atoms with E-state index in [-0.39, 0.29) is 18.1 Å². The maximum atomic E-state index is 13.2. The zero-order valence-corrected chi connectivity index (χ0v) is 14.3. The molecule has 0 saturated carbocycles. The van der Waals surface area contributed by atoms with E-state index in [0.717, 1.165) is 16.8 Å². The summed E-state index contributed by atoms with van der Waals surface area (Å²) < 4.78 is 13.2. The molecular formula is C19H17FN2OS. The maximum Gasteiger partial charge on any atom is 0.230 e. The minimum atomic E-state index is -0.341. The van der Waals surface area contributed by atoms with Crippen LogP contribution in [0, 0.1) is 19.7 Å². The first kappa shape index (κ1) is 16.3. The minimum absolute atomic E-state index is 0.121. The largest absolute Gasteiger partial charge is 0.302 e. The van der Waals surface area contributed by atoms with E-state index in [1.54, 1.807) is 12.1 Å². The molecule has 0 bridgehead atoms. The van der Waals surface area contributed by atoms with Gasteiger partial charge in [-0.3, -0.25) is 4.79 Å². The van der Waals surface area contributed by atoms with Crippen LogP contribution in [0.1, 0.15) is 16.7 Å². The van der Waals surface area contributed by atoms with E-state index in [0.29, 0.717) is 10.7 Å². The number of halogens is 1. The van der Waals surface area contributed by atoms with Gasteiger partial charge >= 0.3 is 0 Å². The highest BCUT2D eigenvalue weighted by Crippen LogP contribution is 2.28. The van der Waals surface area contributed by atoms with E-state index < -0.39 is 0 Å². The monoisotopic (exact) mass is 340 g/mol. The predicted octanol–water partition coefficient (Wildman–Crippen LogP) is 4.75. The first-order valence-electron chi connectivity index (χ1n) is 7.59. The number of nitrogens with zero attached hydrogens (tertiary/aromatic N) is 1. The van der Waals surface area contributed by atoms with Crippen LogP contribution in [-0.4, -0.2) is 10.9 Å². The van der Waals surface area contributed by atoms with Gasteiger partial charge in [-0.1, -0.05) is 29.8 Å². The smallest absolute Gasteiger partial charge is 0.230 e. The van der Waals surface area contributed by atoms with Crippen molar-refractivity contribution in [1.82, 2.24) is 4.98 Å². The van der Waals surface area contributed by atoms with Gasteiger partial charge in [-0.15, -0.1) is 11.3 Å². The molecule has 3 nitrogen and oxygen atoms in total. The molecule has 2 aromatic carbocycles. The Morgan fingerprint density at radius 2 is 2.04 bits per heavy atom. The van der Waals surface area contributed by atoms with Gasteiger partial charge in [0.25, 0.3) is 0 Å². The normalized spacial score (nSPS) is 10.6. The Morgan fingerprint density at radius 3 is 2.83 bits per heavy atom. The van der Waals surface area contributed by atoms with Gasteiger partial charge in [-0.05, 0) is 43.2 Å². The van der Waals surface area contributed by atoms with Crippen molar-refractivity contribution in [2.75, 3.05) is 5.32 Å². The van der Waals surface area contributed by atoms with E-state index in [4.69, 9.17) is 0 Å². The molecule has 3 rings (SSSR count). The number of hydrogen-bond acceptors (Lipinski definition) is 3. The van der Waals surface area contributed by atoms with Crippen LogP contribution in [0.3, 0.4) is 0 Å². The molecular weight excluding hydrogens is 323 g/mol. The van der Waals surface area contributed by atoms with E-state index in [2.05, 4.69) is 28.5 Å². The van der Waals surface area contributed by atoms with E-state index in [1.165, 1.54) is 29.0 Å². The van der Waals surface area contributed by atoms with Crippen LogP contribution in [0.5, 0.6) is 0 Å². The molecule has 0 fully saturated rings. The Kier molecular flexibility index (Phi) is 4.71. The Morgan fingerprint density at radius 1 is 1.21 bits per heavy atom. The predicted molar refractivity (Wildman–Crippen MR) is 95.8 cm³/mol. The van der Waals surface area contributed by atoms with Gasteiger partial charge < -0.3 is 5.32 Å². The van der Waals surface area contributed by atoms with Gasteiger partial charge in [-0.25, -0.2) is 9.37 Å². The fraction of sp³-hybridized carbons (Fsp3) is 0.158. The molecule has 0 aliphatic rings. The van der Waals surface area contributed by atoms with Gasteiger partial charge in [0.05, 0.1) is 12.1 Å². The minimum Gasteiger partial charge on any atom is -0.302 e. The number of hydrogen-bond donors (Lipinski definition) is 1. The number of rotatable bonds is 4. The van der Waals surface area contributed by atoms with E-state index in [1.807, 2.05) is 19.2 Å². The molecule has 1 N–H and O–H groups in total. The van der Waals surface area contributed by atoms with Gasteiger partial charge in [0.2, 0.25) is 5.91 Å². The fourth-order valence-electron chi connectivity index (χ4n) is 2.46. The topological polar surface area (TPSA) is 42.0 Å². The number of anilines is 1. The summed E-state index contributed by atoms with van der Waals surface area (Å²) in [7, 11) is 0. The number of carbonyl (C=O) groups excluding carboxylic acids is 1. The van der Waals surface area contributed by atoms with Crippen LogP contribution in [0.2, 0.25) is 0 Å². The molecule has 0 aliphatic carbocycles. The molecule has 0 aliphatic heterocycles. The second-order valence-corrected chi connectivity index (χ2v) is 6.57. The average Bonchev–Trinajstić information content (AvgIpc) is 2.97. The number of carbonyl (C=O) groups is 1. The number of thiazole rings is 1. The maximum absolute atomic E-state index is 13.2. The molecule has 122 valence electrons. The van der Waals surface area contributed by atoms with Gasteiger partial charge in [0.15, 0.2) is 5.13 Å². The third-order valence-electron chi connectivity index (χ3n) is 3.67.